The Morgan fingerprint density at radius 1 is 0.636 bits per heavy atom. The fourth-order valence-corrected chi connectivity index (χ4v) is 2.47. The standard InChI is InChI=1S/C20H22F2/c1-3-5-15-7-11-17(12-8-15)19(21)20(22)18-13-9-16(6-4-2)10-14-18/h7-14H,3-6H2,1-2H3/b20-19-. The van der Waals surface area contributed by atoms with Crippen LogP contribution in [0, 0.1) is 0 Å². The lowest BCUT2D eigenvalue weighted by atomic mass is 10.0. The average molecular weight is 300 g/mol. The van der Waals surface area contributed by atoms with Crippen molar-refractivity contribution >= 4 is 11.7 Å². The van der Waals surface area contributed by atoms with Crippen molar-refractivity contribution in [2.45, 2.75) is 39.5 Å². The molecular weight excluding hydrogens is 278 g/mol. The third kappa shape index (κ3) is 4.03. The van der Waals surface area contributed by atoms with Gasteiger partial charge in [0.05, 0.1) is 0 Å². The van der Waals surface area contributed by atoms with E-state index in [1.54, 1.807) is 24.3 Å². The first-order chi connectivity index (χ1) is 10.7. The molecule has 0 N–H and O–H groups in total. The highest BCUT2D eigenvalue weighted by atomic mass is 19.2. The molecule has 0 aliphatic heterocycles. The highest BCUT2D eigenvalue weighted by Crippen LogP contribution is 2.29. The molecule has 0 aliphatic carbocycles. The van der Waals surface area contributed by atoms with E-state index in [2.05, 4.69) is 13.8 Å². The number of hydrogen-bond donors (Lipinski definition) is 0. The summed E-state index contributed by atoms with van der Waals surface area (Å²) < 4.78 is 28.6. The fourth-order valence-electron chi connectivity index (χ4n) is 2.47. The third-order valence-electron chi connectivity index (χ3n) is 3.68. The van der Waals surface area contributed by atoms with Crippen LogP contribution < -0.4 is 0 Å². The van der Waals surface area contributed by atoms with Crippen molar-refractivity contribution < 1.29 is 8.78 Å². The summed E-state index contributed by atoms with van der Waals surface area (Å²) in [4.78, 5) is 0. The summed E-state index contributed by atoms with van der Waals surface area (Å²) in [6.07, 6.45) is 3.98. The Morgan fingerprint density at radius 3 is 1.23 bits per heavy atom. The summed E-state index contributed by atoms with van der Waals surface area (Å²) in [6.45, 7) is 4.19. The normalized spacial score (nSPS) is 12.2. The van der Waals surface area contributed by atoms with Gasteiger partial charge >= 0.3 is 0 Å². The van der Waals surface area contributed by atoms with Gasteiger partial charge in [-0.25, -0.2) is 8.78 Å². The van der Waals surface area contributed by atoms with Gasteiger partial charge in [-0.2, -0.15) is 0 Å². The van der Waals surface area contributed by atoms with Gasteiger partial charge in [0.2, 0.25) is 0 Å². The van der Waals surface area contributed by atoms with E-state index in [4.69, 9.17) is 0 Å². The largest absolute Gasteiger partial charge is 0.203 e. The Hall–Kier alpha value is -1.96. The number of aryl methyl sites for hydroxylation is 2. The number of rotatable bonds is 6. The lowest BCUT2D eigenvalue weighted by Gasteiger charge is -2.05. The van der Waals surface area contributed by atoms with E-state index >= 15 is 0 Å². The maximum absolute atomic E-state index is 14.3. The molecule has 0 bridgehead atoms. The van der Waals surface area contributed by atoms with Gasteiger partial charge in [-0.1, -0.05) is 75.2 Å². The number of halogens is 2. The molecule has 0 saturated carbocycles. The van der Waals surface area contributed by atoms with Gasteiger partial charge in [-0.05, 0) is 24.0 Å². The highest BCUT2D eigenvalue weighted by Gasteiger charge is 2.11. The molecule has 0 radical (unpaired) electrons. The molecule has 0 fully saturated rings. The molecule has 0 atom stereocenters. The van der Waals surface area contributed by atoms with E-state index < -0.39 is 11.7 Å². The average Bonchev–Trinajstić information content (AvgIpc) is 2.55. The molecule has 0 unspecified atom stereocenters. The first-order valence-corrected chi connectivity index (χ1v) is 7.89. The Labute approximate surface area is 131 Å². The smallest absolute Gasteiger partial charge is 0.166 e. The van der Waals surface area contributed by atoms with Crippen molar-refractivity contribution in [3.05, 3.63) is 70.8 Å². The molecular formula is C20H22F2. The summed E-state index contributed by atoms with van der Waals surface area (Å²) in [5, 5.41) is 0. The molecule has 2 rings (SSSR count). The minimum absolute atomic E-state index is 0.287. The van der Waals surface area contributed by atoms with Crippen LogP contribution in [0.4, 0.5) is 8.78 Å². The van der Waals surface area contributed by atoms with Crippen LogP contribution in [-0.2, 0) is 12.8 Å². The molecule has 0 saturated heterocycles. The molecule has 0 spiro atoms. The van der Waals surface area contributed by atoms with Crippen molar-refractivity contribution in [2.75, 3.05) is 0 Å². The first-order valence-electron chi connectivity index (χ1n) is 7.89. The SMILES string of the molecule is CCCc1ccc(/C(F)=C(/F)c2ccc(CCC)cc2)cc1. The molecule has 2 aromatic carbocycles. The quantitative estimate of drug-likeness (QED) is 0.545. The molecule has 0 aromatic heterocycles. The van der Waals surface area contributed by atoms with Gasteiger partial charge in [0.1, 0.15) is 0 Å². The number of hydrogen-bond acceptors (Lipinski definition) is 0. The van der Waals surface area contributed by atoms with Crippen molar-refractivity contribution in [3.63, 3.8) is 0 Å². The lowest BCUT2D eigenvalue weighted by Crippen LogP contribution is -1.88. The van der Waals surface area contributed by atoms with E-state index in [1.807, 2.05) is 24.3 Å². The highest BCUT2D eigenvalue weighted by molar-refractivity contribution is 5.83. The first kappa shape index (κ1) is 16.4. The minimum Gasteiger partial charge on any atom is -0.203 e. The molecule has 0 heterocycles. The second-order valence-corrected chi connectivity index (χ2v) is 5.52. The Morgan fingerprint density at radius 2 is 0.955 bits per heavy atom. The minimum atomic E-state index is -0.800. The lowest BCUT2D eigenvalue weighted by molar-refractivity contribution is 0.700. The van der Waals surface area contributed by atoms with Crippen LogP contribution in [0.2, 0.25) is 0 Å². The maximum Gasteiger partial charge on any atom is 0.166 e. The second-order valence-electron chi connectivity index (χ2n) is 5.52. The second kappa shape index (κ2) is 7.88. The van der Waals surface area contributed by atoms with Crippen LogP contribution in [0.1, 0.15) is 48.9 Å². The predicted octanol–water partition coefficient (Wildman–Crippen LogP) is 6.36. The molecule has 0 aliphatic rings. The van der Waals surface area contributed by atoms with E-state index in [-0.39, 0.29) is 11.1 Å². The summed E-state index contributed by atoms with van der Waals surface area (Å²) in [7, 11) is 0. The van der Waals surface area contributed by atoms with Crippen molar-refractivity contribution in [2.24, 2.45) is 0 Å². The van der Waals surface area contributed by atoms with Crippen LogP contribution >= 0.6 is 0 Å². The molecule has 2 heteroatoms. The Balaban J connectivity index is 2.23. The summed E-state index contributed by atoms with van der Waals surface area (Å²) >= 11 is 0. The number of benzene rings is 2. The molecule has 22 heavy (non-hydrogen) atoms. The van der Waals surface area contributed by atoms with E-state index in [0.29, 0.717) is 0 Å². The van der Waals surface area contributed by atoms with Crippen LogP contribution in [0.3, 0.4) is 0 Å². The van der Waals surface area contributed by atoms with Crippen LogP contribution in [0.25, 0.3) is 11.7 Å². The maximum atomic E-state index is 14.3. The molecule has 116 valence electrons. The van der Waals surface area contributed by atoms with Crippen LogP contribution in [-0.4, -0.2) is 0 Å². The Kier molecular flexibility index (Phi) is 5.88. The Bertz CT molecular complexity index is 564. The zero-order valence-corrected chi connectivity index (χ0v) is 13.2. The van der Waals surface area contributed by atoms with Crippen LogP contribution in [0.5, 0.6) is 0 Å². The zero-order chi connectivity index (χ0) is 15.9. The van der Waals surface area contributed by atoms with Crippen molar-refractivity contribution in [3.8, 4) is 0 Å². The predicted molar refractivity (Wildman–Crippen MR) is 89.9 cm³/mol. The summed E-state index contributed by atoms with van der Waals surface area (Å²) in [5.41, 5.74) is 2.86. The van der Waals surface area contributed by atoms with Crippen molar-refractivity contribution in [1.29, 1.82) is 0 Å². The fraction of sp³-hybridized carbons (Fsp3) is 0.300. The van der Waals surface area contributed by atoms with Gasteiger partial charge < -0.3 is 0 Å². The molecule has 2 aromatic rings. The van der Waals surface area contributed by atoms with Gasteiger partial charge in [-0.3, -0.25) is 0 Å². The zero-order valence-electron chi connectivity index (χ0n) is 13.2. The topological polar surface area (TPSA) is 0 Å². The van der Waals surface area contributed by atoms with E-state index in [0.717, 1.165) is 36.8 Å². The van der Waals surface area contributed by atoms with Gasteiger partial charge in [0, 0.05) is 11.1 Å². The third-order valence-corrected chi connectivity index (χ3v) is 3.68. The monoisotopic (exact) mass is 300 g/mol. The van der Waals surface area contributed by atoms with Gasteiger partial charge in [0.15, 0.2) is 11.7 Å². The van der Waals surface area contributed by atoms with E-state index in [9.17, 15) is 8.78 Å². The van der Waals surface area contributed by atoms with Gasteiger partial charge in [0.25, 0.3) is 0 Å². The van der Waals surface area contributed by atoms with E-state index in [1.165, 1.54) is 0 Å². The summed E-state index contributed by atoms with van der Waals surface area (Å²) in [5.74, 6) is -1.60. The van der Waals surface area contributed by atoms with Gasteiger partial charge in [-0.15, -0.1) is 0 Å². The summed E-state index contributed by atoms with van der Waals surface area (Å²) in [6, 6.07) is 14.0. The molecule has 0 nitrogen and oxygen atoms in total. The van der Waals surface area contributed by atoms with Crippen LogP contribution in [0.15, 0.2) is 48.5 Å². The van der Waals surface area contributed by atoms with Crippen molar-refractivity contribution in [1.82, 2.24) is 0 Å². The molecule has 0 amide bonds.